The van der Waals surface area contributed by atoms with Crippen molar-refractivity contribution in [2.45, 2.75) is 38.5 Å². The van der Waals surface area contributed by atoms with Gasteiger partial charge in [0.2, 0.25) is 11.8 Å². The van der Waals surface area contributed by atoms with E-state index in [4.69, 9.17) is 0 Å². The van der Waals surface area contributed by atoms with Crippen LogP contribution in [0, 0.1) is 12.8 Å². The highest BCUT2D eigenvalue weighted by Crippen LogP contribution is 2.29. The number of hydrogen-bond acceptors (Lipinski definition) is 5. The fraction of sp³-hybridized carbons (Fsp3) is 0.529. The third-order valence-corrected chi connectivity index (χ3v) is 4.77. The zero-order valence-electron chi connectivity index (χ0n) is 13.2. The van der Waals surface area contributed by atoms with Gasteiger partial charge in [-0.2, -0.15) is 0 Å². The Balaban J connectivity index is 1.75. The largest absolute Gasteiger partial charge is 0.370 e. The Bertz CT molecular complexity index is 636. The minimum atomic E-state index is -0.346. The van der Waals surface area contributed by atoms with Gasteiger partial charge in [0, 0.05) is 25.4 Å². The van der Waals surface area contributed by atoms with Crippen molar-refractivity contribution in [3.05, 3.63) is 23.5 Å². The van der Waals surface area contributed by atoms with E-state index < -0.39 is 0 Å². The Kier molecular flexibility index (Phi) is 4.41. The van der Waals surface area contributed by atoms with Gasteiger partial charge in [0.15, 0.2) is 0 Å². The van der Waals surface area contributed by atoms with E-state index >= 15 is 0 Å². The quantitative estimate of drug-likeness (QED) is 0.672. The van der Waals surface area contributed by atoms with E-state index in [1.807, 2.05) is 19.2 Å². The molecule has 0 aromatic carbocycles. The van der Waals surface area contributed by atoms with Gasteiger partial charge in [-0.05, 0) is 37.8 Å². The molecule has 1 aromatic rings. The monoisotopic (exact) mass is 315 g/mol. The Morgan fingerprint density at radius 3 is 2.61 bits per heavy atom. The van der Waals surface area contributed by atoms with Gasteiger partial charge in [-0.25, -0.2) is 0 Å². The van der Waals surface area contributed by atoms with Crippen molar-refractivity contribution in [2.24, 2.45) is 5.92 Å². The first-order chi connectivity index (χ1) is 11.1. The molecule has 1 unspecified atom stereocenters. The Morgan fingerprint density at radius 1 is 1.26 bits per heavy atom. The summed E-state index contributed by atoms with van der Waals surface area (Å²) in [6, 6.07) is 1.95. The lowest BCUT2D eigenvalue weighted by atomic mass is 9.93. The number of anilines is 1. The fourth-order valence-corrected chi connectivity index (χ4v) is 3.34. The second kappa shape index (κ2) is 6.48. The van der Waals surface area contributed by atoms with Crippen LogP contribution in [-0.2, 0) is 14.4 Å². The van der Waals surface area contributed by atoms with Crippen molar-refractivity contribution in [1.82, 2.24) is 10.3 Å². The number of piperidine rings is 2. The summed E-state index contributed by atoms with van der Waals surface area (Å²) in [6.45, 7) is 3.71. The van der Waals surface area contributed by atoms with Crippen LogP contribution in [0.4, 0.5) is 5.69 Å². The molecule has 3 heterocycles. The summed E-state index contributed by atoms with van der Waals surface area (Å²) in [5.74, 6) is -0.645. The number of rotatable bonds is 3. The fourth-order valence-electron chi connectivity index (χ4n) is 3.34. The lowest BCUT2D eigenvalue weighted by Crippen LogP contribution is -2.40. The van der Waals surface area contributed by atoms with Crippen LogP contribution in [-0.4, -0.2) is 36.2 Å². The summed E-state index contributed by atoms with van der Waals surface area (Å²) < 4.78 is 0. The first-order valence-corrected chi connectivity index (χ1v) is 8.09. The summed E-state index contributed by atoms with van der Waals surface area (Å²) in [5.41, 5.74) is 2.86. The van der Waals surface area contributed by atoms with Crippen LogP contribution < -0.4 is 10.2 Å². The van der Waals surface area contributed by atoms with Crippen molar-refractivity contribution in [3.63, 3.8) is 0 Å². The zero-order valence-corrected chi connectivity index (χ0v) is 13.2. The van der Waals surface area contributed by atoms with Crippen molar-refractivity contribution < 1.29 is 14.4 Å². The molecule has 122 valence electrons. The molecular weight excluding hydrogens is 294 g/mol. The van der Waals surface area contributed by atoms with Crippen LogP contribution in [0.15, 0.2) is 12.3 Å². The number of amides is 2. The van der Waals surface area contributed by atoms with Gasteiger partial charge in [-0.3, -0.25) is 19.9 Å². The van der Waals surface area contributed by atoms with E-state index in [9.17, 15) is 14.4 Å². The number of aromatic nitrogens is 1. The number of aryl methyl sites for hydroxylation is 1. The number of aldehydes is 1. The molecule has 6 heteroatoms. The Morgan fingerprint density at radius 2 is 2.00 bits per heavy atom. The SMILES string of the molecule is Cc1cc(C2CCC(=O)NC2=O)ncc1N1CCC(C=O)CC1. The zero-order chi connectivity index (χ0) is 16.4. The lowest BCUT2D eigenvalue weighted by molar-refractivity contribution is -0.134. The summed E-state index contributed by atoms with van der Waals surface area (Å²) >= 11 is 0. The van der Waals surface area contributed by atoms with Crippen molar-refractivity contribution in [3.8, 4) is 0 Å². The van der Waals surface area contributed by atoms with Gasteiger partial charge >= 0.3 is 0 Å². The molecule has 1 aromatic heterocycles. The summed E-state index contributed by atoms with van der Waals surface area (Å²) in [7, 11) is 0. The molecular formula is C17H21N3O3. The predicted octanol–water partition coefficient (Wildman–Crippen LogP) is 1.33. The average Bonchev–Trinajstić information content (AvgIpc) is 2.55. The van der Waals surface area contributed by atoms with Crippen LogP contribution in [0.2, 0.25) is 0 Å². The summed E-state index contributed by atoms with van der Waals surface area (Å²) in [5, 5.41) is 2.38. The molecule has 0 saturated carbocycles. The van der Waals surface area contributed by atoms with Crippen LogP contribution in [0.1, 0.15) is 42.9 Å². The highest BCUT2D eigenvalue weighted by Gasteiger charge is 2.29. The molecule has 2 aliphatic rings. The molecule has 2 saturated heterocycles. The number of pyridine rings is 1. The summed E-state index contributed by atoms with van der Waals surface area (Å²) in [6.07, 6.45) is 5.49. The Hall–Kier alpha value is -2.24. The third kappa shape index (κ3) is 3.25. The van der Waals surface area contributed by atoms with Gasteiger partial charge in [0.25, 0.3) is 0 Å². The molecule has 2 aliphatic heterocycles. The molecule has 23 heavy (non-hydrogen) atoms. The number of carbonyl (C=O) groups excluding carboxylic acids is 3. The maximum absolute atomic E-state index is 12.0. The average molecular weight is 315 g/mol. The van der Waals surface area contributed by atoms with Gasteiger partial charge in [0.1, 0.15) is 6.29 Å². The van der Waals surface area contributed by atoms with Crippen LogP contribution in [0.3, 0.4) is 0 Å². The van der Waals surface area contributed by atoms with Gasteiger partial charge in [0.05, 0.1) is 23.5 Å². The minimum absolute atomic E-state index is 0.169. The maximum atomic E-state index is 12.0. The van der Waals surface area contributed by atoms with E-state index in [-0.39, 0.29) is 23.7 Å². The molecule has 0 spiro atoms. The summed E-state index contributed by atoms with van der Waals surface area (Å²) in [4.78, 5) is 40.8. The van der Waals surface area contributed by atoms with Crippen molar-refractivity contribution in [1.29, 1.82) is 0 Å². The standard InChI is InChI=1S/C17H21N3O3/c1-11-8-14(13-2-3-16(22)19-17(13)23)18-9-15(11)20-6-4-12(10-21)5-7-20/h8-10,12-13H,2-7H2,1H3,(H,19,22,23). The van der Waals surface area contributed by atoms with Crippen LogP contribution >= 0.6 is 0 Å². The molecule has 3 rings (SSSR count). The maximum Gasteiger partial charge on any atom is 0.235 e. The van der Waals surface area contributed by atoms with E-state index in [0.717, 1.165) is 49.2 Å². The third-order valence-electron chi connectivity index (χ3n) is 4.77. The number of imide groups is 1. The second-order valence-electron chi connectivity index (χ2n) is 6.36. The number of nitrogens with zero attached hydrogens (tertiary/aromatic N) is 2. The first kappa shape index (κ1) is 15.6. The molecule has 2 fully saturated rings. The molecule has 0 radical (unpaired) electrons. The lowest BCUT2D eigenvalue weighted by Gasteiger charge is -2.32. The van der Waals surface area contributed by atoms with E-state index in [2.05, 4.69) is 15.2 Å². The first-order valence-electron chi connectivity index (χ1n) is 8.09. The minimum Gasteiger partial charge on any atom is -0.370 e. The molecule has 1 N–H and O–H groups in total. The molecule has 1 atom stereocenters. The predicted molar refractivity (Wildman–Crippen MR) is 85.1 cm³/mol. The van der Waals surface area contributed by atoms with Crippen molar-refractivity contribution >= 4 is 23.8 Å². The van der Waals surface area contributed by atoms with Crippen molar-refractivity contribution in [2.75, 3.05) is 18.0 Å². The molecule has 6 nitrogen and oxygen atoms in total. The van der Waals surface area contributed by atoms with Crippen LogP contribution in [0.25, 0.3) is 0 Å². The number of carbonyl (C=O) groups is 3. The molecule has 2 amide bonds. The van der Waals surface area contributed by atoms with E-state index in [1.165, 1.54) is 0 Å². The number of nitrogens with one attached hydrogen (secondary N) is 1. The Labute approximate surface area is 135 Å². The second-order valence-corrected chi connectivity index (χ2v) is 6.36. The topological polar surface area (TPSA) is 79.4 Å². The highest BCUT2D eigenvalue weighted by molar-refractivity contribution is 6.00. The van der Waals surface area contributed by atoms with E-state index in [0.29, 0.717) is 12.8 Å². The van der Waals surface area contributed by atoms with Gasteiger partial charge < -0.3 is 9.69 Å². The van der Waals surface area contributed by atoms with E-state index in [1.54, 1.807) is 0 Å². The normalized spacial score (nSPS) is 22.8. The highest BCUT2D eigenvalue weighted by atomic mass is 16.2. The van der Waals surface area contributed by atoms with Crippen LogP contribution in [0.5, 0.6) is 0 Å². The van der Waals surface area contributed by atoms with Gasteiger partial charge in [-0.1, -0.05) is 0 Å². The smallest absolute Gasteiger partial charge is 0.235 e. The molecule has 0 aliphatic carbocycles. The van der Waals surface area contributed by atoms with Gasteiger partial charge in [-0.15, -0.1) is 0 Å². The number of hydrogen-bond donors (Lipinski definition) is 1. The molecule has 0 bridgehead atoms.